The third-order valence-corrected chi connectivity index (χ3v) is 7.28. The average molecular weight is 501 g/mol. The number of hydrogen-bond donors (Lipinski definition) is 1. The van der Waals surface area contributed by atoms with E-state index in [0.29, 0.717) is 38.4 Å². The molecule has 1 atom stereocenters. The van der Waals surface area contributed by atoms with Crippen molar-refractivity contribution in [2.45, 2.75) is 25.8 Å². The Bertz CT molecular complexity index is 1180. The molecule has 0 spiro atoms. The molecule has 1 saturated heterocycles. The van der Waals surface area contributed by atoms with Gasteiger partial charge in [0.25, 0.3) is 5.91 Å². The molecule has 8 nitrogen and oxygen atoms in total. The highest BCUT2D eigenvalue weighted by atomic mass is 32.2. The van der Waals surface area contributed by atoms with Gasteiger partial charge in [-0.25, -0.2) is 13.4 Å². The van der Waals surface area contributed by atoms with Crippen molar-refractivity contribution >= 4 is 21.8 Å². The van der Waals surface area contributed by atoms with Crippen LogP contribution in [-0.2, 0) is 14.6 Å². The van der Waals surface area contributed by atoms with Gasteiger partial charge in [-0.1, -0.05) is 31.5 Å². The van der Waals surface area contributed by atoms with Crippen LogP contribution in [0.15, 0.2) is 48.0 Å². The number of ether oxygens (including phenoxy) is 1. The first kappa shape index (κ1) is 26.3. The molecule has 0 saturated carbocycles. The van der Waals surface area contributed by atoms with Gasteiger partial charge in [-0.05, 0) is 42.3 Å². The minimum atomic E-state index is -2.90. The fourth-order valence-corrected chi connectivity index (χ4v) is 4.99. The standard InChI is InChI=1S/C25H29FN4O4S/c1-2-4-23(29-25(31)20(18-27)17-21-5-3-6-24(26)28-21)19-7-9-22(10-8-19)34-14-11-30-12-15-35(32,33)16-13-30/h3,5-10,17,23H,2,4,11-16H2,1H3,(H,29,31). The van der Waals surface area contributed by atoms with Crippen LogP contribution >= 0.6 is 0 Å². The van der Waals surface area contributed by atoms with Crippen molar-refractivity contribution in [1.82, 2.24) is 15.2 Å². The van der Waals surface area contributed by atoms with E-state index in [9.17, 15) is 22.9 Å². The molecule has 1 aliphatic heterocycles. The van der Waals surface area contributed by atoms with E-state index in [1.54, 1.807) is 0 Å². The van der Waals surface area contributed by atoms with Gasteiger partial charge in [-0.2, -0.15) is 9.65 Å². The van der Waals surface area contributed by atoms with Gasteiger partial charge >= 0.3 is 0 Å². The second-order valence-corrected chi connectivity index (χ2v) is 10.6. The van der Waals surface area contributed by atoms with Crippen molar-refractivity contribution in [2.24, 2.45) is 0 Å². The normalized spacial score (nSPS) is 16.8. The van der Waals surface area contributed by atoms with E-state index in [2.05, 4.69) is 15.2 Å². The number of rotatable bonds is 10. The van der Waals surface area contributed by atoms with Crippen molar-refractivity contribution in [1.29, 1.82) is 5.26 Å². The third kappa shape index (κ3) is 8.16. The van der Waals surface area contributed by atoms with Crippen LogP contribution in [-0.4, -0.2) is 62.0 Å². The van der Waals surface area contributed by atoms with Gasteiger partial charge in [0, 0.05) is 19.6 Å². The van der Waals surface area contributed by atoms with E-state index in [-0.39, 0.29) is 28.8 Å². The highest BCUT2D eigenvalue weighted by molar-refractivity contribution is 7.91. The fourth-order valence-electron chi connectivity index (χ4n) is 3.71. The fraction of sp³-hybridized carbons (Fsp3) is 0.400. The monoisotopic (exact) mass is 500 g/mol. The van der Waals surface area contributed by atoms with Crippen molar-refractivity contribution in [2.75, 3.05) is 37.7 Å². The summed E-state index contributed by atoms with van der Waals surface area (Å²) in [5, 5.41) is 12.3. The second kappa shape index (κ2) is 12.4. The van der Waals surface area contributed by atoms with Gasteiger partial charge in [0.15, 0.2) is 9.84 Å². The molecule has 1 fully saturated rings. The molecule has 10 heteroatoms. The van der Waals surface area contributed by atoms with Crippen LogP contribution < -0.4 is 10.1 Å². The lowest BCUT2D eigenvalue weighted by Gasteiger charge is -2.26. The first-order valence-electron chi connectivity index (χ1n) is 11.5. The highest BCUT2D eigenvalue weighted by Gasteiger charge is 2.21. The molecular weight excluding hydrogens is 471 g/mol. The number of nitrogens with one attached hydrogen (secondary N) is 1. The molecule has 1 unspecified atom stereocenters. The lowest BCUT2D eigenvalue weighted by Crippen LogP contribution is -2.42. The number of amides is 1. The first-order valence-corrected chi connectivity index (χ1v) is 13.3. The number of carbonyl (C=O) groups excluding carboxylic acids is 1. The Morgan fingerprint density at radius 3 is 2.60 bits per heavy atom. The van der Waals surface area contributed by atoms with Crippen molar-refractivity contribution in [3.05, 3.63) is 65.2 Å². The Kier molecular flexibility index (Phi) is 9.34. The molecule has 0 bridgehead atoms. The van der Waals surface area contributed by atoms with Gasteiger partial charge in [0.05, 0.1) is 23.2 Å². The van der Waals surface area contributed by atoms with Crippen LogP contribution in [0.1, 0.15) is 37.1 Å². The predicted octanol–water partition coefficient (Wildman–Crippen LogP) is 2.89. The number of pyridine rings is 1. The Morgan fingerprint density at radius 1 is 1.26 bits per heavy atom. The lowest BCUT2D eigenvalue weighted by molar-refractivity contribution is -0.117. The molecule has 186 valence electrons. The molecule has 1 aromatic carbocycles. The zero-order chi connectivity index (χ0) is 25.3. The molecule has 3 rings (SSSR count). The van der Waals surface area contributed by atoms with Gasteiger partial charge in [-0.15, -0.1) is 0 Å². The van der Waals surface area contributed by atoms with Crippen LogP contribution in [0.3, 0.4) is 0 Å². The van der Waals surface area contributed by atoms with Crippen molar-refractivity contribution < 1.29 is 22.3 Å². The molecule has 1 N–H and O–H groups in total. The van der Waals surface area contributed by atoms with E-state index in [0.717, 1.165) is 12.0 Å². The summed E-state index contributed by atoms with van der Waals surface area (Å²) < 4.78 is 42.2. The summed E-state index contributed by atoms with van der Waals surface area (Å²) in [4.78, 5) is 18.5. The topological polar surface area (TPSA) is 112 Å². The number of aromatic nitrogens is 1. The van der Waals surface area contributed by atoms with Crippen LogP contribution in [0.25, 0.3) is 6.08 Å². The van der Waals surface area contributed by atoms with Crippen LogP contribution in [0.2, 0.25) is 0 Å². The van der Waals surface area contributed by atoms with Gasteiger partial charge in [0.2, 0.25) is 5.95 Å². The van der Waals surface area contributed by atoms with Crippen LogP contribution in [0, 0.1) is 17.3 Å². The molecule has 1 aliphatic rings. The first-order chi connectivity index (χ1) is 16.8. The van der Waals surface area contributed by atoms with Crippen LogP contribution in [0.5, 0.6) is 5.75 Å². The lowest BCUT2D eigenvalue weighted by atomic mass is 10.0. The number of halogens is 1. The Hall–Kier alpha value is -3.29. The molecule has 0 radical (unpaired) electrons. The SMILES string of the molecule is CCCC(NC(=O)C(C#N)=Cc1cccc(F)n1)c1ccc(OCCN2CCS(=O)(=O)CC2)cc1. The largest absolute Gasteiger partial charge is 0.492 e. The molecule has 35 heavy (non-hydrogen) atoms. The third-order valence-electron chi connectivity index (χ3n) is 5.67. The Morgan fingerprint density at radius 2 is 1.97 bits per heavy atom. The number of hydrogen-bond acceptors (Lipinski definition) is 7. The van der Waals surface area contributed by atoms with E-state index >= 15 is 0 Å². The van der Waals surface area contributed by atoms with E-state index in [1.807, 2.05) is 37.3 Å². The summed E-state index contributed by atoms with van der Waals surface area (Å²) in [6.45, 7) is 4.14. The molecular formula is C25H29FN4O4S. The van der Waals surface area contributed by atoms with Crippen molar-refractivity contribution in [3.8, 4) is 11.8 Å². The molecule has 1 aromatic heterocycles. The summed E-state index contributed by atoms with van der Waals surface area (Å²) in [6.07, 6.45) is 2.74. The second-order valence-electron chi connectivity index (χ2n) is 8.28. The Balaban J connectivity index is 1.58. The zero-order valence-electron chi connectivity index (χ0n) is 19.6. The zero-order valence-corrected chi connectivity index (χ0v) is 20.4. The summed E-state index contributed by atoms with van der Waals surface area (Å²) in [5.74, 6) is -0.191. The van der Waals surface area contributed by atoms with E-state index < -0.39 is 21.7 Å². The van der Waals surface area contributed by atoms with Gasteiger partial charge in [-0.3, -0.25) is 9.69 Å². The minimum Gasteiger partial charge on any atom is -0.492 e. The Labute approximate surface area is 205 Å². The summed E-state index contributed by atoms with van der Waals surface area (Å²) in [6, 6.07) is 13.1. The average Bonchev–Trinajstić information content (AvgIpc) is 2.84. The molecule has 2 aromatic rings. The minimum absolute atomic E-state index is 0.158. The summed E-state index contributed by atoms with van der Waals surface area (Å²) >= 11 is 0. The van der Waals surface area contributed by atoms with Crippen LogP contribution in [0.4, 0.5) is 4.39 Å². The maximum Gasteiger partial charge on any atom is 0.262 e. The maximum absolute atomic E-state index is 13.3. The molecule has 0 aliphatic carbocycles. The van der Waals surface area contributed by atoms with E-state index in [4.69, 9.17) is 4.74 Å². The van der Waals surface area contributed by atoms with Gasteiger partial charge in [0.1, 0.15) is 24.0 Å². The molecule has 2 heterocycles. The number of nitriles is 1. The quantitative estimate of drug-likeness (QED) is 0.303. The summed E-state index contributed by atoms with van der Waals surface area (Å²) in [5.41, 5.74) is 0.904. The maximum atomic E-state index is 13.3. The number of nitrogens with zero attached hydrogens (tertiary/aromatic N) is 3. The smallest absolute Gasteiger partial charge is 0.262 e. The number of sulfone groups is 1. The highest BCUT2D eigenvalue weighted by Crippen LogP contribution is 2.22. The number of benzene rings is 1. The van der Waals surface area contributed by atoms with Gasteiger partial charge < -0.3 is 10.1 Å². The molecule has 1 amide bonds. The predicted molar refractivity (Wildman–Crippen MR) is 131 cm³/mol. The number of carbonyl (C=O) groups is 1. The summed E-state index contributed by atoms with van der Waals surface area (Å²) in [7, 11) is -2.90. The van der Waals surface area contributed by atoms with E-state index in [1.165, 1.54) is 24.3 Å². The van der Waals surface area contributed by atoms with Crippen molar-refractivity contribution in [3.63, 3.8) is 0 Å².